The predicted molar refractivity (Wildman–Crippen MR) is 66.3 cm³/mol. The van der Waals surface area contributed by atoms with Gasteiger partial charge in [0, 0.05) is 10.4 Å². The van der Waals surface area contributed by atoms with Gasteiger partial charge in [-0.25, -0.2) is 8.78 Å². The number of hydrogen-bond donors (Lipinski definition) is 1. The molecule has 2 aromatic rings. The molecule has 17 heavy (non-hydrogen) atoms. The minimum Gasteiger partial charge on any atom is -0.309 e. The van der Waals surface area contributed by atoms with Gasteiger partial charge in [-0.15, -0.1) is 11.3 Å². The summed E-state index contributed by atoms with van der Waals surface area (Å²) in [6, 6.07) is 5.20. The Morgan fingerprint density at radius 1 is 1.24 bits per heavy atom. The van der Waals surface area contributed by atoms with Gasteiger partial charge < -0.3 is 5.32 Å². The van der Waals surface area contributed by atoms with Gasteiger partial charge in [0.1, 0.15) is 11.6 Å². The van der Waals surface area contributed by atoms with Gasteiger partial charge >= 0.3 is 0 Å². The summed E-state index contributed by atoms with van der Waals surface area (Å²) in [4.78, 5) is 1.15. The molecule has 4 heteroatoms. The summed E-state index contributed by atoms with van der Waals surface area (Å²) in [5.74, 6) is -0.816. The number of rotatable bonds is 3. The normalized spacial score (nSPS) is 12.7. The number of halogens is 2. The fourth-order valence-electron chi connectivity index (χ4n) is 1.85. The Labute approximate surface area is 103 Å². The SMILES string of the molecule is CNC(c1csc(C)c1)c1cc(F)ccc1F. The summed E-state index contributed by atoms with van der Waals surface area (Å²) in [6.45, 7) is 1.99. The third-order valence-corrected chi connectivity index (χ3v) is 3.52. The lowest BCUT2D eigenvalue weighted by Gasteiger charge is -2.16. The largest absolute Gasteiger partial charge is 0.309 e. The molecule has 1 N–H and O–H groups in total. The Hall–Kier alpha value is -1.26. The highest BCUT2D eigenvalue weighted by Crippen LogP contribution is 2.28. The highest BCUT2D eigenvalue weighted by atomic mass is 32.1. The van der Waals surface area contributed by atoms with Crippen LogP contribution in [-0.4, -0.2) is 7.05 Å². The molecule has 1 heterocycles. The quantitative estimate of drug-likeness (QED) is 0.880. The van der Waals surface area contributed by atoms with E-state index in [4.69, 9.17) is 0 Å². The van der Waals surface area contributed by atoms with Crippen molar-refractivity contribution in [2.45, 2.75) is 13.0 Å². The van der Waals surface area contributed by atoms with E-state index in [9.17, 15) is 8.78 Å². The molecule has 0 bridgehead atoms. The third kappa shape index (κ3) is 2.53. The topological polar surface area (TPSA) is 12.0 Å². The molecule has 1 atom stereocenters. The van der Waals surface area contributed by atoms with E-state index in [1.165, 1.54) is 6.07 Å². The molecule has 0 aliphatic carbocycles. The van der Waals surface area contributed by atoms with E-state index < -0.39 is 11.6 Å². The lowest BCUT2D eigenvalue weighted by molar-refractivity contribution is 0.558. The van der Waals surface area contributed by atoms with Crippen LogP contribution in [0.15, 0.2) is 29.6 Å². The summed E-state index contributed by atoms with van der Waals surface area (Å²) in [5, 5.41) is 4.98. The molecule has 1 aromatic heterocycles. The smallest absolute Gasteiger partial charge is 0.128 e. The average molecular weight is 253 g/mol. The van der Waals surface area contributed by atoms with E-state index >= 15 is 0 Å². The molecule has 0 saturated heterocycles. The average Bonchev–Trinajstić information content (AvgIpc) is 2.71. The van der Waals surface area contributed by atoms with Crippen LogP contribution in [0, 0.1) is 18.6 Å². The Morgan fingerprint density at radius 3 is 2.59 bits per heavy atom. The van der Waals surface area contributed by atoms with Crippen molar-refractivity contribution in [1.82, 2.24) is 5.32 Å². The van der Waals surface area contributed by atoms with Crippen molar-refractivity contribution < 1.29 is 8.78 Å². The maximum atomic E-state index is 13.7. The second kappa shape index (κ2) is 4.94. The van der Waals surface area contributed by atoms with Crippen LogP contribution in [0.5, 0.6) is 0 Å². The molecular weight excluding hydrogens is 240 g/mol. The summed E-state index contributed by atoms with van der Waals surface area (Å²) in [6.07, 6.45) is 0. The number of hydrogen-bond acceptors (Lipinski definition) is 2. The Kier molecular flexibility index (Phi) is 3.54. The van der Waals surface area contributed by atoms with E-state index in [2.05, 4.69) is 5.32 Å². The maximum Gasteiger partial charge on any atom is 0.128 e. The first kappa shape index (κ1) is 12.2. The standard InChI is InChI=1S/C13H13F2NS/c1-8-5-9(7-17-8)13(16-2)11-6-10(14)3-4-12(11)15/h3-7,13,16H,1-2H3. The highest BCUT2D eigenvalue weighted by Gasteiger charge is 2.17. The van der Waals surface area contributed by atoms with Gasteiger partial charge in [-0.05, 0) is 49.2 Å². The maximum absolute atomic E-state index is 13.7. The van der Waals surface area contributed by atoms with Crippen molar-refractivity contribution in [1.29, 1.82) is 0 Å². The zero-order valence-electron chi connectivity index (χ0n) is 9.63. The molecular formula is C13H13F2NS. The summed E-state index contributed by atoms with van der Waals surface area (Å²) in [7, 11) is 1.74. The van der Waals surface area contributed by atoms with Gasteiger partial charge in [0.2, 0.25) is 0 Å². The first-order valence-corrected chi connectivity index (χ1v) is 6.17. The van der Waals surface area contributed by atoms with Crippen molar-refractivity contribution >= 4 is 11.3 Å². The van der Waals surface area contributed by atoms with Gasteiger partial charge in [0.05, 0.1) is 6.04 Å². The number of thiophene rings is 1. The Balaban J connectivity index is 2.45. The molecule has 0 radical (unpaired) electrons. The second-order valence-corrected chi connectivity index (χ2v) is 4.99. The monoisotopic (exact) mass is 253 g/mol. The molecule has 1 unspecified atom stereocenters. The fraction of sp³-hybridized carbons (Fsp3) is 0.231. The minimum absolute atomic E-state index is 0.310. The molecule has 1 aromatic carbocycles. The van der Waals surface area contributed by atoms with E-state index in [1.807, 2.05) is 18.4 Å². The Bertz CT molecular complexity index is 522. The van der Waals surface area contributed by atoms with Gasteiger partial charge in [-0.3, -0.25) is 0 Å². The van der Waals surface area contributed by atoms with Gasteiger partial charge in [0.15, 0.2) is 0 Å². The number of aryl methyl sites for hydroxylation is 1. The molecule has 0 saturated carbocycles. The lowest BCUT2D eigenvalue weighted by Crippen LogP contribution is -2.18. The summed E-state index contributed by atoms with van der Waals surface area (Å²) >= 11 is 1.60. The zero-order chi connectivity index (χ0) is 12.4. The van der Waals surface area contributed by atoms with E-state index in [-0.39, 0.29) is 6.04 Å². The number of benzene rings is 1. The van der Waals surface area contributed by atoms with Crippen molar-refractivity contribution in [3.8, 4) is 0 Å². The van der Waals surface area contributed by atoms with Crippen LogP contribution < -0.4 is 5.32 Å². The van der Waals surface area contributed by atoms with Crippen LogP contribution in [0.1, 0.15) is 22.0 Å². The first-order valence-electron chi connectivity index (χ1n) is 5.29. The van der Waals surface area contributed by atoms with E-state index in [1.54, 1.807) is 18.4 Å². The van der Waals surface area contributed by atoms with Gasteiger partial charge in [0.25, 0.3) is 0 Å². The molecule has 0 fully saturated rings. The molecule has 0 spiro atoms. The van der Waals surface area contributed by atoms with Crippen molar-refractivity contribution in [3.05, 3.63) is 57.3 Å². The van der Waals surface area contributed by atoms with Gasteiger partial charge in [-0.1, -0.05) is 0 Å². The number of nitrogens with one attached hydrogen (secondary N) is 1. The van der Waals surface area contributed by atoms with Crippen LogP contribution in [0.3, 0.4) is 0 Å². The molecule has 0 aliphatic rings. The lowest BCUT2D eigenvalue weighted by atomic mass is 10.0. The van der Waals surface area contributed by atoms with E-state index in [0.29, 0.717) is 5.56 Å². The van der Waals surface area contributed by atoms with Crippen LogP contribution in [0.4, 0.5) is 8.78 Å². The molecule has 0 amide bonds. The van der Waals surface area contributed by atoms with Crippen LogP contribution in [0.2, 0.25) is 0 Å². The first-order chi connectivity index (χ1) is 8.11. The molecule has 1 nitrogen and oxygen atoms in total. The van der Waals surface area contributed by atoms with Crippen molar-refractivity contribution in [2.75, 3.05) is 7.05 Å². The second-order valence-electron chi connectivity index (χ2n) is 3.88. The predicted octanol–water partition coefficient (Wildman–Crippen LogP) is 3.64. The summed E-state index contributed by atoms with van der Waals surface area (Å²) in [5.41, 5.74) is 1.30. The molecule has 0 aliphatic heterocycles. The van der Waals surface area contributed by atoms with Gasteiger partial charge in [-0.2, -0.15) is 0 Å². The van der Waals surface area contributed by atoms with E-state index in [0.717, 1.165) is 22.6 Å². The summed E-state index contributed by atoms with van der Waals surface area (Å²) < 4.78 is 26.9. The van der Waals surface area contributed by atoms with Crippen LogP contribution in [0.25, 0.3) is 0 Å². The fourth-order valence-corrected chi connectivity index (χ4v) is 2.58. The zero-order valence-corrected chi connectivity index (χ0v) is 10.4. The van der Waals surface area contributed by atoms with Crippen LogP contribution in [-0.2, 0) is 0 Å². The highest BCUT2D eigenvalue weighted by molar-refractivity contribution is 7.10. The van der Waals surface area contributed by atoms with Crippen LogP contribution >= 0.6 is 11.3 Å². The van der Waals surface area contributed by atoms with Crippen molar-refractivity contribution in [2.24, 2.45) is 0 Å². The Morgan fingerprint density at radius 2 is 2.00 bits per heavy atom. The molecule has 90 valence electrons. The molecule has 2 rings (SSSR count). The minimum atomic E-state index is -0.423. The third-order valence-electron chi connectivity index (χ3n) is 2.64. The van der Waals surface area contributed by atoms with Crippen molar-refractivity contribution in [3.63, 3.8) is 0 Å².